The first kappa shape index (κ1) is 9.77. The Morgan fingerprint density at radius 1 is 1.43 bits per heavy atom. The predicted octanol–water partition coefficient (Wildman–Crippen LogP) is 0.828. The number of carbonyl (C=O) groups is 1. The van der Waals surface area contributed by atoms with E-state index in [-0.39, 0.29) is 6.03 Å². The van der Waals surface area contributed by atoms with Gasteiger partial charge in [0.05, 0.1) is 0 Å². The van der Waals surface area contributed by atoms with Crippen LogP contribution >= 0.6 is 0 Å². The maximum Gasteiger partial charge on any atom is 0.317 e. The second kappa shape index (κ2) is 4.64. The van der Waals surface area contributed by atoms with Crippen molar-refractivity contribution >= 4 is 6.03 Å². The van der Waals surface area contributed by atoms with Gasteiger partial charge in [-0.2, -0.15) is 0 Å². The summed E-state index contributed by atoms with van der Waals surface area (Å²) in [6.07, 6.45) is 3.28. The van der Waals surface area contributed by atoms with Crippen molar-refractivity contribution in [2.75, 3.05) is 32.8 Å². The number of nitrogens with zero attached hydrogens (tertiary/aromatic N) is 1. The van der Waals surface area contributed by atoms with Crippen LogP contribution in [0, 0.1) is 5.92 Å². The SMILES string of the molecule is O=C1NCCCN1CC1CCOCC1. The number of urea groups is 1. The minimum atomic E-state index is 0.114. The van der Waals surface area contributed by atoms with E-state index in [4.69, 9.17) is 4.74 Å². The molecule has 4 nitrogen and oxygen atoms in total. The summed E-state index contributed by atoms with van der Waals surface area (Å²) in [5.74, 6) is 0.646. The molecule has 0 spiro atoms. The number of amides is 2. The normalized spacial score (nSPS) is 24.9. The molecule has 0 aromatic carbocycles. The third kappa shape index (κ3) is 2.38. The molecule has 2 heterocycles. The summed E-state index contributed by atoms with van der Waals surface area (Å²) in [5.41, 5.74) is 0. The molecule has 0 atom stereocenters. The van der Waals surface area contributed by atoms with E-state index in [2.05, 4.69) is 5.32 Å². The second-order valence-electron chi connectivity index (χ2n) is 4.09. The van der Waals surface area contributed by atoms with Crippen LogP contribution in [0.3, 0.4) is 0 Å². The fourth-order valence-electron chi connectivity index (χ4n) is 2.09. The van der Waals surface area contributed by atoms with Crippen molar-refractivity contribution in [1.29, 1.82) is 0 Å². The Bertz CT molecular complexity index is 202. The van der Waals surface area contributed by atoms with Gasteiger partial charge in [-0.25, -0.2) is 4.79 Å². The zero-order valence-corrected chi connectivity index (χ0v) is 8.50. The van der Waals surface area contributed by atoms with E-state index >= 15 is 0 Å². The average molecular weight is 198 g/mol. The lowest BCUT2D eigenvalue weighted by molar-refractivity contribution is 0.0551. The average Bonchev–Trinajstić information content (AvgIpc) is 2.23. The van der Waals surface area contributed by atoms with E-state index in [1.165, 1.54) is 0 Å². The standard InChI is InChI=1S/C10H18N2O2/c13-10-11-4-1-5-12(10)8-9-2-6-14-7-3-9/h9H,1-8H2,(H,11,13). The van der Waals surface area contributed by atoms with Crippen molar-refractivity contribution < 1.29 is 9.53 Å². The molecule has 4 heteroatoms. The lowest BCUT2D eigenvalue weighted by atomic mass is 9.99. The van der Waals surface area contributed by atoms with E-state index in [0.717, 1.165) is 52.1 Å². The van der Waals surface area contributed by atoms with Gasteiger partial charge in [-0.05, 0) is 25.2 Å². The summed E-state index contributed by atoms with van der Waals surface area (Å²) in [5, 5.41) is 2.88. The van der Waals surface area contributed by atoms with Gasteiger partial charge in [0.25, 0.3) is 0 Å². The van der Waals surface area contributed by atoms with Crippen LogP contribution in [-0.4, -0.2) is 43.8 Å². The Labute approximate surface area is 84.6 Å². The molecule has 0 aliphatic carbocycles. The van der Waals surface area contributed by atoms with Crippen molar-refractivity contribution in [1.82, 2.24) is 10.2 Å². The Balaban J connectivity index is 1.79. The minimum Gasteiger partial charge on any atom is -0.381 e. The van der Waals surface area contributed by atoms with Crippen molar-refractivity contribution in [3.8, 4) is 0 Å². The third-order valence-electron chi connectivity index (χ3n) is 2.99. The smallest absolute Gasteiger partial charge is 0.317 e. The molecule has 0 bridgehead atoms. The Kier molecular flexibility index (Phi) is 3.24. The molecule has 0 unspecified atom stereocenters. The molecular weight excluding hydrogens is 180 g/mol. The van der Waals surface area contributed by atoms with Gasteiger partial charge in [-0.3, -0.25) is 0 Å². The van der Waals surface area contributed by atoms with Gasteiger partial charge in [0, 0.05) is 32.8 Å². The lowest BCUT2D eigenvalue weighted by Gasteiger charge is -2.32. The van der Waals surface area contributed by atoms with Gasteiger partial charge in [0.1, 0.15) is 0 Å². The van der Waals surface area contributed by atoms with E-state index < -0.39 is 0 Å². The van der Waals surface area contributed by atoms with E-state index in [0.29, 0.717) is 5.92 Å². The van der Waals surface area contributed by atoms with E-state index in [9.17, 15) is 4.79 Å². The van der Waals surface area contributed by atoms with Crippen LogP contribution in [0.2, 0.25) is 0 Å². The van der Waals surface area contributed by atoms with E-state index in [1.54, 1.807) is 0 Å². The highest BCUT2D eigenvalue weighted by atomic mass is 16.5. The molecule has 2 fully saturated rings. The highest BCUT2D eigenvalue weighted by Gasteiger charge is 2.22. The van der Waals surface area contributed by atoms with Gasteiger partial charge in [0.15, 0.2) is 0 Å². The monoisotopic (exact) mass is 198 g/mol. The molecule has 2 rings (SSSR count). The van der Waals surface area contributed by atoms with Gasteiger partial charge in [-0.15, -0.1) is 0 Å². The molecule has 80 valence electrons. The summed E-state index contributed by atoms with van der Waals surface area (Å²) < 4.78 is 5.30. The molecular formula is C10H18N2O2. The summed E-state index contributed by atoms with van der Waals surface area (Å²) in [4.78, 5) is 13.4. The van der Waals surface area contributed by atoms with E-state index in [1.807, 2.05) is 4.90 Å². The van der Waals surface area contributed by atoms with Crippen molar-refractivity contribution in [3.05, 3.63) is 0 Å². The first-order valence-corrected chi connectivity index (χ1v) is 5.47. The number of hydrogen-bond donors (Lipinski definition) is 1. The third-order valence-corrected chi connectivity index (χ3v) is 2.99. The van der Waals surface area contributed by atoms with Crippen LogP contribution in [0.1, 0.15) is 19.3 Å². The number of nitrogens with one attached hydrogen (secondary N) is 1. The first-order valence-electron chi connectivity index (χ1n) is 5.47. The summed E-state index contributed by atoms with van der Waals surface area (Å²) in [6, 6.07) is 0.114. The molecule has 1 N–H and O–H groups in total. The van der Waals surface area contributed by atoms with Crippen LogP contribution in [0.25, 0.3) is 0 Å². The second-order valence-corrected chi connectivity index (χ2v) is 4.09. The van der Waals surface area contributed by atoms with Crippen molar-refractivity contribution in [2.45, 2.75) is 19.3 Å². The van der Waals surface area contributed by atoms with Gasteiger partial charge < -0.3 is 15.0 Å². The van der Waals surface area contributed by atoms with Crippen LogP contribution in [0.15, 0.2) is 0 Å². The molecule has 14 heavy (non-hydrogen) atoms. The van der Waals surface area contributed by atoms with Crippen LogP contribution in [0.4, 0.5) is 4.79 Å². The molecule has 2 aliphatic rings. The minimum absolute atomic E-state index is 0.114. The lowest BCUT2D eigenvalue weighted by Crippen LogP contribution is -2.48. The molecule has 2 aliphatic heterocycles. The quantitative estimate of drug-likeness (QED) is 0.714. The van der Waals surface area contributed by atoms with Gasteiger partial charge >= 0.3 is 6.03 Å². The highest BCUT2D eigenvalue weighted by Crippen LogP contribution is 2.16. The summed E-state index contributed by atoms with van der Waals surface area (Å²) in [7, 11) is 0. The zero-order valence-electron chi connectivity index (χ0n) is 8.50. The molecule has 0 aromatic heterocycles. The predicted molar refractivity (Wildman–Crippen MR) is 53.1 cm³/mol. The molecule has 0 aromatic rings. The van der Waals surface area contributed by atoms with Crippen LogP contribution in [-0.2, 0) is 4.74 Å². The highest BCUT2D eigenvalue weighted by molar-refractivity contribution is 5.74. The number of rotatable bonds is 2. The van der Waals surface area contributed by atoms with Crippen molar-refractivity contribution in [3.63, 3.8) is 0 Å². The van der Waals surface area contributed by atoms with Crippen molar-refractivity contribution in [2.24, 2.45) is 5.92 Å². The van der Waals surface area contributed by atoms with Gasteiger partial charge in [-0.1, -0.05) is 0 Å². The van der Waals surface area contributed by atoms with Crippen LogP contribution in [0.5, 0.6) is 0 Å². The number of carbonyl (C=O) groups excluding carboxylic acids is 1. The topological polar surface area (TPSA) is 41.6 Å². The van der Waals surface area contributed by atoms with Crippen LogP contribution < -0.4 is 5.32 Å². The first-order chi connectivity index (χ1) is 6.86. The molecule has 2 amide bonds. The summed E-state index contributed by atoms with van der Waals surface area (Å²) in [6.45, 7) is 4.39. The Morgan fingerprint density at radius 3 is 2.93 bits per heavy atom. The fourth-order valence-corrected chi connectivity index (χ4v) is 2.09. The molecule has 0 radical (unpaired) electrons. The maximum absolute atomic E-state index is 11.5. The Morgan fingerprint density at radius 2 is 2.21 bits per heavy atom. The number of hydrogen-bond acceptors (Lipinski definition) is 2. The fraction of sp³-hybridized carbons (Fsp3) is 0.900. The van der Waals surface area contributed by atoms with Gasteiger partial charge in [0.2, 0.25) is 0 Å². The Hall–Kier alpha value is -0.770. The largest absolute Gasteiger partial charge is 0.381 e. The zero-order chi connectivity index (χ0) is 9.80. The number of ether oxygens (including phenoxy) is 1. The molecule has 2 saturated heterocycles. The summed E-state index contributed by atoms with van der Waals surface area (Å²) >= 11 is 0. The molecule has 0 saturated carbocycles. The maximum atomic E-state index is 11.5.